The molecule has 0 fully saturated rings. The average Bonchev–Trinajstić information content (AvgIpc) is 2.54. The molecule has 1 unspecified atom stereocenters. The second-order valence-electron chi connectivity index (χ2n) is 3.08. The summed E-state index contributed by atoms with van der Waals surface area (Å²) >= 11 is 0. The molecule has 1 amide bonds. The number of amides is 1. The molecule has 2 N–H and O–H groups in total. The number of primary amides is 1. The fourth-order valence-corrected chi connectivity index (χ4v) is 1.15. The maximum Gasteiger partial charge on any atom is 0.243 e. The summed E-state index contributed by atoms with van der Waals surface area (Å²) in [5.74, 6) is -0.291. The highest BCUT2D eigenvalue weighted by atomic mass is 16.1. The van der Waals surface area contributed by atoms with Crippen LogP contribution in [-0.4, -0.2) is 10.5 Å². The number of carbonyl (C=O) groups is 1. The zero-order valence-corrected chi connectivity index (χ0v) is 7.45. The zero-order chi connectivity index (χ0) is 9.19. The Morgan fingerprint density at radius 3 is 2.33 bits per heavy atom. The molecule has 3 heteroatoms. The monoisotopic (exact) mass is 166 g/mol. The topological polar surface area (TPSA) is 48.0 Å². The van der Waals surface area contributed by atoms with Crippen molar-refractivity contribution in [3.8, 4) is 0 Å². The van der Waals surface area contributed by atoms with Gasteiger partial charge in [-0.3, -0.25) is 4.79 Å². The largest absolute Gasteiger partial charge is 0.368 e. The van der Waals surface area contributed by atoms with Gasteiger partial charge in [-0.15, -0.1) is 0 Å². The third kappa shape index (κ3) is 1.22. The van der Waals surface area contributed by atoms with Gasteiger partial charge in [0.2, 0.25) is 5.91 Å². The SMILES string of the molecule is CCC(C)(C(N)=O)n1cccc1. The third-order valence-electron chi connectivity index (χ3n) is 2.39. The second-order valence-corrected chi connectivity index (χ2v) is 3.08. The molecule has 0 saturated carbocycles. The zero-order valence-electron chi connectivity index (χ0n) is 7.45. The Morgan fingerprint density at radius 1 is 1.50 bits per heavy atom. The normalized spacial score (nSPS) is 15.5. The summed E-state index contributed by atoms with van der Waals surface area (Å²) in [5.41, 5.74) is 4.73. The van der Waals surface area contributed by atoms with E-state index < -0.39 is 5.54 Å². The fourth-order valence-electron chi connectivity index (χ4n) is 1.15. The molecule has 66 valence electrons. The summed E-state index contributed by atoms with van der Waals surface area (Å²) in [4.78, 5) is 11.2. The van der Waals surface area contributed by atoms with Gasteiger partial charge in [-0.2, -0.15) is 0 Å². The molecule has 0 aliphatic heterocycles. The van der Waals surface area contributed by atoms with Gasteiger partial charge in [-0.25, -0.2) is 0 Å². The summed E-state index contributed by atoms with van der Waals surface area (Å²) in [6.07, 6.45) is 4.42. The molecular weight excluding hydrogens is 152 g/mol. The lowest BCUT2D eigenvalue weighted by atomic mass is 9.98. The van der Waals surface area contributed by atoms with Crippen LogP contribution in [0.2, 0.25) is 0 Å². The Bertz CT molecular complexity index is 266. The summed E-state index contributed by atoms with van der Waals surface area (Å²) in [6, 6.07) is 3.77. The van der Waals surface area contributed by atoms with Crippen LogP contribution in [0, 0.1) is 0 Å². The molecule has 12 heavy (non-hydrogen) atoms. The average molecular weight is 166 g/mol. The van der Waals surface area contributed by atoms with E-state index in [1.54, 1.807) is 0 Å². The summed E-state index contributed by atoms with van der Waals surface area (Å²) in [7, 11) is 0. The van der Waals surface area contributed by atoms with Gasteiger partial charge in [0.05, 0.1) is 0 Å². The van der Waals surface area contributed by atoms with E-state index in [9.17, 15) is 4.79 Å². The second kappa shape index (κ2) is 3.01. The van der Waals surface area contributed by atoms with Crippen molar-refractivity contribution in [2.75, 3.05) is 0 Å². The predicted molar refractivity (Wildman–Crippen MR) is 47.6 cm³/mol. The minimum atomic E-state index is -0.580. The van der Waals surface area contributed by atoms with E-state index in [-0.39, 0.29) is 5.91 Å². The minimum absolute atomic E-state index is 0.291. The van der Waals surface area contributed by atoms with Crippen LogP contribution in [0.4, 0.5) is 0 Å². The number of rotatable bonds is 3. The fraction of sp³-hybridized carbons (Fsp3) is 0.444. The van der Waals surface area contributed by atoms with Crippen molar-refractivity contribution in [1.82, 2.24) is 4.57 Å². The Balaban J connectivity index is 3.04. The van der Waals surface area contributed by atoms with Crippen LogP contribution in [0.25, 0.3) is 0 Å². The van der Waals surface area contributed by atoms with Crippen molar-refractivity contribution < 1.29 is 4.79 Å². The molecule has 1 aromatic heterocycles. The number of nitrogens with zero attached hydrogens (tertiary/aromatic N) is 1. The van der Waals surface area contributed by atoms with Crippen LogP contribution in [0.5, 0.6) is 0 Å². The van der Waals surface area contributed by atoms with E-state index in [2.05, 4.69) is 0 Å². The van der Waals surface area contributed by atoms with Crippen LogP contribution >= 0.6 is 0 Å². The molecule has 0 aromatic carbocycles. The smallest absolute Gasteiger partial charge is 0.243 e. The minimum Gasteiger partial charge on any atom is -0.368 e. The molecule has 0 spiro atoms. The first-order valence-electron chi connectivity index (χ1n) is 4.04. The molecule has 0 aliphatic carbocycles. The van der Waals surface area contributed by atoms with Gasteiger partial charge in [0.15, 0.2) is 0 Å². The summed E-state index contributed by atoms with van der Waals surface area (Å²) in [6.45, 7) is 3.79. The first-order valence-corrected chi connectivity index (χ1v) is 4.04. The van der Waals surface area contributed by atoms with Gasteiger partial charge < -0.3 is 10.3 Å². The summed E-state index contributed by atoms with van der Waals surface area (Å²) < 4.78 is 1.84. The maximum absolute atomic E-state index is 11.2. The van der Waals surface area contributed by atoms with Gasteiger partial charge in [0, 0.05) is 12.4 Å². The van der Waals surface area contributed by atoms with Gasteiger partial charge in [0.1, 0.15) is 5.54 Å². The highest BCUT2D eigenvalue weighted by Gasteiger charge is 2.29. The first-order chi connectivity index (χ1) is 5.61. The molecule has 1 rings (SSSR count). The number of nitrogens with two attached hydrogens (primary N) is 1. The van der Waals surface area contributed by atoms with E-state index in [0.29, 0.717) is 6.42 Å². The molecule has 1 heterocycles. The van der Waals surface area contributed by atoms with E-state index in [1.165, 1.54) is 0 Å². The summed E-state index contributed by atoms with van der Waals surface area (Å²) in [5, 5.41) is 0. The molecule has 0 bridgehead atoms. The molecule has 1 aromatic rings. The van der Waals surface area contributed by atoms with Crippen LogP contribution in [-0.2, 0) is 10.3 Å². The lowest BCUT2D eigenvalue weighted by Gasteiger charge is -2.26. The van der Waals surface area contributed by atoms with Crippen molar-refractivity contribution in [3.05, 3.63) is 24.5 Å². The van der Waals surface area contributed by atoms with E-state index in [4.69, 9.17) is 5.73 Å². The molecule has 0 radical (unpaired) electrons. The molecule has 0 aliphatic rings. The van der Waals surface area contributed by atoms with Crippen LogP contribution < -0.4 is 5.73 Å². The standard InChI is InChI=1S/C9H14N2O/c1-3-9(2,8(10)12)11-6-4-5-7-11/h4-7H,3H2,1-2H3,(H2,10,12). The highest BCUT2D eigenvalue weighted by molar-refractivity contribution is 5.82. The lowest BCUT2D eigenvalue weighted by molar-refractivity contribution is -0.126. The number of hydrogen-bond acceptors (Lipinski definition) is 1. The van der Waals surface area contributed by atoms with Crippen molar-refractivity contribution in [2.24, 2.45) is 5.73 Å². The lowest BCUT2D eigenvalue weighted by Crippen LogP contribution is -2.42. The van der Waals surface area contributed by atoms with Gasteiger partial charge in [0.25, 0.3) is 0 Å². The number of carbonyl (C=O) groups excluding carboxylic acids is 1. The Morgan fingerprint density at radius 2 is 2.00 bits per heavy atom. The van der Waals surface area contributed by atoms with Gasteiger partial charge in [-0.05, 0) is 25.5 Å². The van der Waals surface area contributed by atoms with E-state index in [1.807, 2.05) is 42.9 Å². The van der Waals surface area contributed by atoms with Crippen molar-refractivity contribution in [3.63, 3.8) is 0 Å². The Hall–Kier alpha value is -1.25. The van der Waals surface area contributed by atoms with Crippen molar-refractivity contribution in [1.29, 1.82) is 0 Å². The molecule has 0 saturated heterocycles. The molecular formula is C9H14N2O. The van der Waals surface area contributed by atoms with Gasteiger partial charge in [-0.1, -0.05) is 6.92 Å². The highest BCUT2D eigenvalue weighted by Crippen LogP contribution is 2.19. The Kier molecular flexibility index (Phi) is 2.22. The quantitative estimate of drug-likeness (QED) is 0.718. The van der Waals surface area contributed by atoms with Crippen molar-refractivity contribution >= 4 is 5.91 Å². The van der Waals surface area contributed by atoms with Crippen LogP contribution in [0.15, 0.2) is 24.5 Å². The van der Waals surface area contributed by atoms with Crippen LogP contribution in [0.1, 0.15) is 20.3 Å². The first kappa shape index (κ1) is 8.84. The van der Waals surface area contributed by atoms with E-state index in [0.717, 1.165) is 0 Å². The maximum atomic E-state index is 11.2. The third-order valence-corrected chi connectivity index (χ3v) is 2.39. The molecule has 1 atom stereocenters. The predicted octanol–water partition coefficient (Wildman–Crippen LogP) is 1.10. The van der Waals surface area contributed by atoms with Crippen LogP contribution in [0.3, 0.4) is 0 Å². The molecule has 3 nitrogen and oxygen atoms in total. The van der Waals surface area contributed by atoms with Gasteiger partial charge >= 0.3 is 0 Å². The van der Waals surface area contributed by atoms with E-state index >= 15 is 0 Å². The number of hydrogen-bond donors (Lipinski definition) is 1. The Labute approximate surface area is 72.2 Å². The van der Waals surface area contributed by atoms with Crippen molar-refractivity contribution in [2.45, 2.75) is 25.8 Å². The number of aromatic nitrogens is 1.